The molecule has 6 heteroatoms. The minimum Gasteiger partial charge on any atom is -0.462 e. The van der Waals surface area contributed by atoms with Crippen molar-refractivity contribution in [2.45, 2.75) is 76.4 Å². The number of aliphatic hydroxyl groups is 1. The fourth-order valence-electron chi connectivity index (χ4n) is 6.26. The predicted octanol–water partition coefficient (Wildman–Crippen LogP) is 3.95. The lowest BCUT2D eigenvalue weighted by Gasteiger charge is -2.51. The topological polar surface area (TPSA) is 72.8 Å². The van der Waals surface area contributed by atoms with E-state index in [1.165, 1.54) is 0 Å². The Morgan fingerprint density at radius 1 is 1.06 bits per heavy atom. The number of aliphatic hydroxyl groups excluding tert-OH is 1. The molecule has 1 heterocycles. The Balaban J connectivity index is 1.92. The first-order chi connectivity index (χ1) is 15.5. The highest BCUT2D eigenvalue weighted by Crippen LogP contribution is 2.55. The van der Waals surface area contributed by atoms with Crippen LogP contribution in [0.15, 0.2) is 30.3 Å². The fourth-order valence-corrected chi connectivity index (χ4v) is 6.26. The molecule has 1 aromatic rings. The first-order valence-corrected chi connectivity index (χ1v) is 12.3. The van der Waals surface area contributed by atoms with Crippen LogP contribution in [0.1, 0.15) is 70.3 Å². The lowest BCUT2D eigenvalue weighted by atomic mass is 9.72. The van der Waals surface area contributed by atoms with Gasteiger partial charge in [-0.2, -0.15) is 0 Å². The maximum absolute atomic E-state index is 13.0. The highest BCUT2D eigenvalue weighted by molar-refractivity contribution is 5.71. The molecule has 1 saturated carbocycles. The Bertz CT molecular complexity index is 748. The van der Waals surface area contributed by atoms with Gasteiger partial charge in [0, 0.05) is 17.9 Å². The molecule has 0 spiro atoms. The summed E-state index contributed by atoms with van der Waals surface area (Å²) in [6.45, 7) is 2.97. The van der Waals surface area contributed by atoms with Crippen molar-refractivity contribution < 1.29 is 28.7 Å². The van der Waals surface area contributed by atoms with Crippen LogP contribution in [0.3, 0.4) is 0 Å². The number of unbranched alkanes of at least 4 members (excludes halogenated alkanes) is 3. The minimum absolute atomic E-state index is 0.184. The van der Waals surface area contributed by atoms with Gasteiger partial charge in [-0.3, -0.25) is 0 Å². The van der Waals surface area contributed by atoms with Crippen LogP contribution in [0.25, 0.3) is 0 Å². The first-order valence-electron chi connectivity index (χ1n) is 12.3. The van der Waals surface area contributed by atoms with Crippen LogP contribution in [-0.2, 0) is 24.6 Å². The SMILES string of the molecule is CCCCCCOC(=O)C[N+]1(C)CCC(OC(=O)CO)C1(c1ccccc1)C1CCCC1. The van der Waals surface area contributed by atoms with Gasteiger partial charge in [0.15, 0.2) is 18.2 Å². The summed E-state index contributed by atoms with van der Waals surface area (Å²) in [5.74, 6) is -0.483. The number of ether oxygens (including phenoxy) is 2. The van der Waals surface area contributed by atoms with E-state index < -0.39 is 18.1 Å². The lowest BCUT2D eigenvalue weighted by Crippen LogP contribution is -2.65. The van der Waals surface area contributed by atoms with E-state index in [-0.39, 0.29) is 18.6 Å². The van der Waals surface area contributed by atoms with Crippen LogP contribution < -0.4 is 0 Å². The van der Waals surface area contributed by atoms with Gasteiger partial charge in [0.2, 0.25) is 0 Å². The number of rotatable bonds is 11. The van der Waals surface area contributed by atoms with Gasteiger partial charge in [-0.05, 0) is 19.3 Å². The van der Waals surface area contributed by atoms with Crippen LogP contribution in [0.2, 0.25) is 0 Å². The van der Waals surface area contributed by atoms with Crippen LogP contribution in [0.5, 0.6) is 0 Å². The summed E-state index contributed by atoms with van der Waals surface area (Å²) in [7, 11) is 2.12. The largest absolute Gasteiger partial charge is 0.462 e. The molecule has 1 saturated heterocycles. The zero-order chi connectivity index (χ0) is 23.0. The molecule has 32 heavy (non-hydrogen) atoms. The lowest BCUT2D eigenvalue weighted by molar-refractivity contribution is -0.954. The van der Waals surface area contributed by atoms with Gasteiger partial charge in [0.05, 0.1) is 20.2 Å². The molecular weight excluding hydrogens is 406 g/mol. The molecule has 3 unspecified atom stereocenters. The van der Waals surface area contributed by atoms with Gasteiger partial charge < -0.3 is 19.1 Å². The highest BCUT2D eigenvalue weighted by Gasteiger charge is 2.66. The molecular formula is C26H40NO5+. The van der Waals surface area contributed by atoms with E-state index in [4.69, 9.17) is 9.47 Å². The quantitative estimate of drug-likeness (QED) is 0.317. The van der Waals surface area contributed by atoms with Crippen molar-refractivity contribution in [2.24, 2.45) is 5.92 Å². The van der Waals surface area contributed by atoms with Gasteiger partial charge >= 0.3 is 11.9 Å². The summed E-state index contributed by atoms with van der Waals surface area (Å²) in [4.78, 5) is 25.2. The molecule has 0 aromatic heterocycles. The van der Waals surface area contributed by atoms with Crippen molar-refractivity contribution in [1.29, 1.82) is 0 Å². The summed E-state index contributed by atoms with van der Waals surface area (Å²) < 4.78 is 12.0. The number of likely N-dealkylation sites (tertiary alicyclic amines) is 1. The predicted molar refractivity (Wildman–Crippen MR) is 123 cm³/mol. The van der Waals surface area contributed by atoms with E-state index in [2.05, 4.69) is 26.1 Å². The Hall–Kier alpha value is -1.92. The van der Waals surface area contributed by atoms with Crippen LogP contribution in [0.4, 0.5) is 0 Å². The molecule has 6 nitrogen and oxygen atoms in total. The molecule has 3 atom stereocenters. The zero-order valence-corrected chi connectivity index (χ0v) is 19.8. The maximum Gasteiger partial charge on any atom is 0.361 e. The summed E-state index contributed by atoms with van der Waals surface area (Å²) in [6, 6.07) is 10.2. The number of benzene rings is 1. The molecule has 2 fully saturated rings. The third-order valence-electron chi connectivity index (χ3n) is 7.62. The number of carbonyl (C=O) groups is 2. The van der Waals surface area contributed by atoms with Gasteiger partial charge in [0.1, 0.15) is 6.61 Å². The number of likely N-dealkylation sites (N-methyl/N-ethyl adjacent to an activating group) is 1. The summed E-state index contributed by atoms with van der Waals surface area (Å²) >= 11 is 0. The highest BCUT2D eigenvalue weighted by atomic mass is 16.6. The van der Waals surface area contributed by atoms with E-state index in [1.54, 1.807) is 0 Å². The Morgan fingerprint density at radius 3 is 2.44 bits per heavy atom. The molecule has 3 rings (SSSR count). The maximum atomic E-state index is 13.0. The van der Waals surface area contributed by atoms with Crippen molar-refractivity contribution in [3.05, 3.63) is 35.9 Å². The summed E-state index contributed by atoms with van der Waals surface area (Å²) in [5.41, 5.74) is 0.586. The van der Waals surface area contributed by atoms with Gasteiger partial charge in [-0.25, -0.2) is 9.59 Å². The molecule has 2 aliphatic rings. The molecule has 1 aliphatic carbocycles. The second kappa shape index (κ2) is 11.3. The molecule has 0 amide bonds. The minimum atomic E-state index is -0.629. The second-order valence-corrected chi connectivity index (χ2v) is 9.66. The standard InChI is InChI=1S/C26H40NO5/c1-3-4-5-11-18-31-24(29)19-27(2)17-16-23(32-25(30)20-28)26(27,22-14-9-10-15-22)21-12-7-6-8-13-21/h6-8,12-13,22-23,28H,3-5,9-11,14-20H2,1-2H3/q+1. The average molecular weight is 447 g/mol. The molecule has 1 aliphatic heterocycles. The van der Waals surface area contributed by atoms with Crippen molar-refractivity contribution in [3.8, 4) is 0 Å². The van der Waals surface area contributed by atoms with Gasteiger partial charge in [0.25, 0.3) is 0 Å². The van der Waals surface area contributed by atoms with Crippen LogP contribution in [-0.4, -0.2) is 61.0 Å². The van der Waals surface area contributed by atoms with E-state index >= 15 is 0 Å². The van der Waals surface area contributed by atoms with Crippen LogP contribution in [0, 0.1) is 5.92 Å². The Labute approximate surface area is 192 Å². The fraction of sp³-hybridized carbons (Fsp3) is 0.692. The molecule has 1 aromatic carbocycles. The Morgan fingerprint density at radius 2 is 1.78 bits per heavy atom. The van der Waals surface area contributed by atoms with Gasteiger partial charge in [-0.15, -0.1) is 0 Å². The number of quaternary nitrogens is 1. The monoisotopic (exact) mass is 446 g/mol. The molecule has 1 N–H and O–H groups in total. The van der Waals surface area contributed by atoms with E-state index in [0.29, 0.717) is 23.4 Å². The van der Waals surface area contributed by atoms with Gasteiger partial charge in [-0.1, -0.05) is 69.4 Å². The summed E-state index contributed by atoms with van der Waals surface area (Å²) in [5, 5.41) is 9.38. The molecule has 0 bridgehead atoms. The van der Waals surface area contributed by atoms with Crippen LogP contribution >= 0.6 is 0 Å². The van der Waals surface area contributed by atoms with Crippen molar-refractivity contribution >= 4 is 11.9 Å². The smallest absolute Gasteiger partial charge is 0.361 e. The van der Waals surface area contributed by atoms with Crippen molar-refractivity contribution in [3.63, 3.8) is 0 Å². The number of hydrogen-bond donors (Lipinski definition) is 1. The first kappa shape index (κ1) is 24.7. The second-order valence-electron chi connectivity index (χ2n) is 9.66. The number of esters is 2. The molecule has 0 radical (unpaired) electrons. The number of hydrogen-bond acceptors (Lipinski definition) is 5. The number of nitrogens with zero attached hydrogens (tertiary/aromatic N) is 1. The zero-order valence-electron chi connectivity index (χ0n) is 19.8. The third kappa shape index (κ3) is 5.01. The summed E-state index contributed by atoms with van der Waals surface area (Å²) in [6.07, 6.45) is 8.93. The molecule has 178 valence electrons. The normalized spacial score (nSPS) is 28.0. The van der Waals surface area contributed by atoms with E-state index in [1.807, 2.05) is 18.2 Å². The van der Waals surface area contributed by atoms with E-state index in [9.17, 15) is 14.7 Å². The van der Waals surface area contributed by atoms with Crippen molar-refractivity contribution in [2.75, 3.05) is 33.4 Å². The third-order valence-corrected chi connectivity index (χ3v) is 7.62. The van der Waals surface area contributed by atoms with E-state index in [0.717, 1.165) is 63.5 Å². The number of carbonyl (C=O) groups excluding carboxylic acids is 2. The Kier molecular flexibility index (Phi) is 8.72. The average Bonchev–Trinajstić information content (AvgIpc) is 3.41. The van der Waals surface area contributed by atoms with Crippen molar-refractivity contribution in [1.82, 2.24) is 0 Å².